The lowest BCUT2D eigenvalue weighted by Crippen LogP contribution is -2.36. The number of ether oxygens (including phenoxy) is 1. The van der Waals surface area contributed by atoms with Crippen LogP contribution in [0, 0.1) is 17.5 Å². The molecule has 1 aliphatic heterocycles. The molecule has 1 aliphatic rings. The van der Waals surface area contributed by atoms with Crippen LogP contribution in [0.5, 0.6) is 6.01 Å². The molecule has 0 saturated heterocycles. The third-order valence-corrected chi connectivity index (χ3v) is 6.97. The van der Waals surface area contributed by atoms with E-state index in [1.54, 1.807) is 4.90 Å². The topological polar surface area (TPSA) is 69.0 Å². The van der Waals surface area contributed by atoms with E-state index in [0.29, 0.717) is 16.7 Å². The number of fused-ring (bicyclic) bond motifs is 2. The van der Waals surface area contributed by atoms with Gasteiger partial charge in [0.2, 0.25) is 5.82 Å². The number of aryl methyl sites for hydroxylation is 1. The Morgan fingerprint density at radius 2 is 1.84 bits per heavy atom. The van der Waals surface area contributed by atoms with Crippen LogP contribution < -0.4 is 9.64 Å². The molecule has 0 unspecified atom stereocenters. The zero-order chi connectivity index (χ0) is 26.3. The Morgan fingerprint density at radius 1 is 1.03 bits per heavy atom. The number of nitrogens with zero attached hydrogens (tertiary/aromatic N) is 6. The molecule has 4 heterocycles. The van der Waals surface area contributed by atoms with Gasteiger partial charge in [-0.15, -0.1) is 21.5 Å². The fourth-order valence-corrected chi connectivity index (χ4v) is 5.32. The van der Waals surface area contributed by atoms with Crippen molar-refractivity contribution in [3.63, 3.8) is 0 Å². The van der Waals surface area contributed by atoms with E-state index < -0.39 is 29.5 Å². The quantitative estimate of drug-likeness (QED) is 0.233. The fourth-order valence-electron chi connectivity index (χ4n) is 4.20. The lowest BCUT2D eigenvalue weighted by molar-refractivity contribution is -0.147. The second-order valence-corrected chi connectivity index (χ2v) is 9.60. The number of hydrogen-bond acceptors (Lipinski definition) is 7. The number of rotatable bonds is 7. The van der Waals surface area contributed by atoms with E-state index in [4.69, 9.17) is 4.74 Å². The summed E-state index contributed by atoms with van der Waals surface area (Å²) in [5, 5.41) is 7.77. The average molecular weight is 543 g/mol. The molecule has 0 atom stereocenters. The Balaban J connectivity index is 1.43. The number of benzene rings is 1. The maximum absolute atomic E-state index is 14.0. The third kappa shape index (κ3) is 5.06. The van der Waals surface area contributed by atoms with Crippen molar-refractivity contribution in [2.75, 3.05) is 18.1 Å². The van der Waals surface area contributed by atoms with Gasteiger partial charge in [0.05, 0.1) is 18.5 Å². The number of anilines is 1. The molecule has 3 aromatic heterocycles. The van der Waals surface area contributed by atoms with E-state index in [1.165, 1.54) is 11.3 Å². The monoisotopic (exact) mass is 542 g/mol. The molecular formula is C23H20F6N6OS. The van der Waals surface area contributed by atoms with Crippen LogP contribution in [0.15, 0.2) is 18.2 Å². The van der Waals surface area contributed by atoms with Gasteiger partial charge in [-0.25, -0.2) is 13.2 Å². The van der Waals surface area contributed by atoms with Crippen LogP contribution in [0.3, 0.4) is 0 Å². The van der Waals surface area contributed by atoms with Gasteiger partial charge in [0, 0.05) is 30.5 Å². The summed E-state index contributed by atoms with van der Waals surface area (Å²) in [6.07, 6.45) is -3.02. The molecule has 0 bridgehead atoms. The van der Waals surface area contributed by atoms with Gasteiger partial charge in [-0.1, -0.05) is 13.3 Å². The Bertz CT molecular complexity index is 1450. The highest BCUT2D eigenvalue weighted by molar-refractivity contribution is 7.18. The Kier molecular flexibility index (Phi) is 6.68. The van der Waals surface area contributed by atoms with Crippen LogP contribution >= 0.6 is 11.3 Å². The fraction of sp³-hybridized carbons (Fsp3) is 0.391. The van der Waals surface area contributed by atoms with Crippen molar-refractivity contribution in [3.8, 4) is 6.01 Å². The van der Waals surface area contributed by atoms with Crippen LogP contribution in [-0.2, 0) is 32.1 Å². The van der Waals surface area contributed by atoms with E-state index in [-0.39, 0.29) is 50.1 Å². The number of alkyl halides is 3. The van der Waals surface area contributed by atoms with Gasteiger partial charge in [0.1, 0.15) is 16.5 Å². The van der Waals surface area contributed by atoms with Gasteiger partial charge >= 0.3 is 12.2 Å². The largest absolute Gasteiger partial charge is 0.463 e. The van der Waals surface area contributed by atoms with Gasteiger partial charge in [-0.3, -0.25) is 0 Å². The number of halogens is 6. The Morgan fingerprint density at radius 3 is 2.59 bits per heavy atom. The highest BCUT2D eigenvalue weighted by Crippen LogP contribution is 2.36. The summed E-state index contributed by atoms with van der Waals surface area (Å²) in [5.41, 5.74) is -0.184. The maximum Gasteiger partial charge on any atom is 0.451 e. The lowest BCUT2D eigenvalue weighted by atomic mass is 10.1. The summed E-state index contributed by atoms with van der Waals surface area (Å²) >= 11 is 1.44. The Labute approximate surface area is 210 Å². The first-order chi connectivity index (χ1) is 17.6. The first-order valence-corrected chi connectivity index (χ1v) is 12.3. The third-order valence-electron chi connectivity index (χ3n) is 5.88. The SMILES string of the molecule is CCCc1cc2c(N3CCn4c(nnc4C(F)(F)F)C3)nc(OCCc3cc(F)cc(F)c3F)nc2s1. The smallest absolute Gasteiger partial charge is 0.451 e. The van der Waals surface area contributed by atoms with Crippen LogP contribution in [0.2, 0.25) is 0 Å². The molecule has 0 aliphatic carbocycles. The van der Waals surface area contributed by atoms with Crippen molar-refractivity contribution < 1.29 is 31.1 Å². The molecule has 0 fully saturated rings. The van der Waals surface area contributed by atoms with Crippen LogP contribution in [0.4, 0.5) is 32.2 Å². The van der Waals surface area contributed by atoms with Crippen LogP contribution in [-0.4, -0.2) is 37.9 Å². The molecule has 0 saturated carbocycles. The maximum atomic E-state index is 14.0. The molecular weight excluding hydrogens is 522 g/mol. The van der Waals surface area contributed by atoms with E-state index in [1.807, 2.05) is 13.0 Å². The van der Waals surface area contributed by atoms with E-state index in [9.17, 15) is 26.3 Å². The van der Waals surface area contributed by atoms with Crippen LogP contribution in [0.25, 0.3) is 10.2 Å². The molecule has 0 amide bonds. The normalized spacial score (nSPS) is 13.9. The minimum Gasteiger partial charge on any atom is -0.463 e. The number of hydrogen-bond donors (Lipinski definition) is 0. The summed E-state index contributed by atoms with van der Waals surface area (Å²) in [5.74, 6) is -3.77. The number of thiophene rings is 1. The lowest BCUT2D eigenvalue weighted by Gasteiger charge is -2.29. The predicted molar refractivity (Wildman–Crippen MR) is 123 cm³/mol. The van der Waals surface area contributed by atoms with Crippen molar-refractivity contribution in [1.29, 1.82) is 0 Å². The van der Waals surface area contributed by atoms with E-state index in [0.717, 1.165) is 33.7 Å². The highest BCUT2D eigenvalue weighted by atomic mass is 32.1. The molecule has 0 radical (unpaired) electrons. The molecule has 1 aromatic carbocycles. The molecule has 0 N–H and O–H groups in total. The first kappa shape index (κ1) is 25.2. The van der Waals surface area contributed by atoms with Gasteiger partial charge in [0.25, 0.3) is 0 Å². The van der Waals surface area contributed by atoms with Gasteiger partial charge < -0.3 is 14.2 Å². The predicted octanol–water partition coefficient (Wildman–Crippen LogP) is 5.31. The molecule has 5 rings (SSSR count). The van der Waals surface area contributed by atoms with Crippen molar-refractivity contribution in [1.82, 2.24) is 24.7 Å². The zero-order valence-corrected chi connectivity index (χ0v) is 20.3. The minimum atomic E-state index is -4.61. The highest BCUT2D eigenvalue weighted by Gasteiger charge is 2.39. The minimum absolute atomic E-state index is 0.00916. The summed E-state index contributed by atoms with van der Waals surface area (Å²) in [4.78, 5) is 12.4. The van der Waals surface area contributed by atoms with Gasteiger partial charge in [0.15, 0.2) is 17.5 Å². The van der Waals surface area contributed by atoms with Crippen molar-refractivity contribution in [2.45, 2.75) is 45.5 Å². The average Bonchev–Trinajstić information content (AvgIpc) is 3.45. The summed E-state index contributed by atoms with van der Waals surface area (Å²) in [6, 6.07) is 3.28. The van der Waals surface area contributed by atoms with E-state index >= 15 is 0 Å². The number of aromatic nitrogens is 5. The molecule has 4 aromatic rings. The first-order valence-electron chi connectivity index (χ1n) is 11.4. The Hall–Kier alpha value is -3.42. The van der Waals surface area contributed by atoms with Crippen LogP contribution in [0.1, 0.15) is 35.4 Å². The molecule has 37 heavy (non-hydrogen) atoms. The van der Waals surface area contributed by atoms with Gasteiger partial charge in [-0.2, -0.15) is 23.1 Å². The second-order valence-electron chi connectivity index (χ2n) is 8.48. The van der Waals surface area contributed by atoms with Crippen molar-refractivity contribution >= 4 is 27.4 Å². The molecule has 0 spiro atoms. The molecule has 196 valence electrons. The van der Waals surface area contributed by atoms with E-state index in [2.05, 4.69) is 20.2 Å². The van der Waals surface area contributed by atoms with Crippen molar-refractivity contribution in [2.24, 2.45) is 0 Å². The standard InChI is InChI=1S/C23H20F6N6OS/c1-2-3-14-10-15-19(34-5-6-35-17(11-34)32-33-21(35)23(27,28)29)30-22(31-20(15)37-14)36-7-4-12-8-13(24)9-16(25)18(12)26/h8-10H,2-7,11H2,1H3. The second kappa shape index (κ2) is 9.80. The molecule has 7 nitrogen and oxygen atoms in total. The van der Waals surface area contributed by atoms with Crippen molar-refractivity contribution in [3.05, 3.63) is 57.7 Å². The zero-order valence-electron chi connectivity index (χ0n) is 19.4. The summed E-state index contributed by atoms with van der Waals surface area (Å²) in [7, 11) is 0. The van der Waals surface area contributed by atoms with Gasteiger partial charge in [-0.05, 0) is 24.1 Å². The molecule has 14 heteroatoms. The summed E-state index contributed by atoms with van der Waals surface area (Å²) < 4.78 is 87.4. The summed E-state index contributed by atoms with van der Waals surface area (Å²) in [6.45, 7) is 2.15.